The Kier molecular flexibility index (Phi) is 6.57. The van der Waals surface area contributed by atoms with Crippen LogP contribution in [-0.2, 0) is 11.3 Å². The van der Waals surface area contributed by atoms with Crippen LogP contribution in [0.2, 0.25) is 0 Å². The topological polar surface area (TPSA) is 42.0 Å². The molecule has 0 saturated carbocycles. The maximum Gasteiger partial charge on any atom is 0.236 e. The van der Waals surface area contributed by atoms with Crippen molar-refractivity contribution in [1.29, 1.82) is 0 Å². The van der Waals surface area contributed by atoms with E-state index in [1.165, 1.54) is 5.56 Å². The number of aryl methyl sites for hydroxylation is 1. The molecule has 150 valence electrons. The van der Waals surface area contributed by atoms with E-state index in [4.69, 9.17) is 9.47 Å². The van der Waals surface area contributed by atoms with Gasteiger partial charge in [0.15, 0.2) is 0 Å². The van der Waals surface area contributed by atoms with Crippen LogP contribution in [0.1, 0.15) is 35.6 Å². The summed E-state index contributed by atoms with van der Waals surface area (Å²) in [5.41, 5.74) is 3.46. The molecule has 0 aliphatic carbocycles. The normalized spacial score (nSPS) is 16.8. The van der Waals surface area contributed by atoms with E-state index in [0.29, 0.717) is 13.1 Å². The number of hydrogen-bond donors (Lipinski definition) is 0. The van der Waals surface area contributed by atoms with Gasteiger partial charge < -0.3 is 14.4 Å². The zero-order chi connectivity index (χ0) is 20.1. The molecule has 0 bridgehead atoms. The Morgan fingerprint density at radius 3 is 2.57 bits per heavy atom. The van der Waals surface area contributed by atoms with E-state index >= 15 is 0 Å². The smallest absolute Gasteiger partial charge is 0.236 e. The molecule has 1 atom stereocenters. The number of nitrogens with zero attached hydrogens (tertiary/aromatic N) is 2. The molecule has 1 fully saturated rings. The minimum Gasteiger partial charge on any atom is -0.497 e. The second kappa shape index (κ2) is 9.11. The molecule has 1 aliphatic rings. The fraction of sp³-hybridized carbons (Fsp3) is 0.435. The van der Waals surface area contributed by atoms with Crippen LogP contribution >= 0.6 is 0 Å². The van der Waals surface area contributed by atoms with Gasteiger partial charge in [0.25, 0.3) is 0 Å². The van der Waals surface area contributed by atoms with Gasteiger partial charge in [-0.25, -0.2) is 0 Å². The molecule has 1 amide bonds. The number of ether oxygens (including phenoxy) is 2. The van der Waals surface area contributed by atoms with Crippen molar-refractivity contribution >= 4 is 5.91 Å². The van der Waals surface area contributed by atoms with E-state index in [9.17, 15) is 4.79 Å². The number of hydrogen-bond acceptors (Lipinski definition) is 4. The number of carbonyl (C=O) groups excluding carboxylic acids is 1. The summed E-state index contributed by atoms with van der Waals surface area (Å²) < 4.78 is 11.0. The van der Waals surface area contributed by atoms with Crippen molar-refractivity contribution in [2.45, 2.75) is 32.4 Å². The third kappa shape index (κ3) is 4.65. The number of methoxy groups -OCH3 is 2. The number of amides is 1. The third-order valence-corrected chi connectivity index (χ3v) is 5.46. The van der Waals surface area contributed by atoms with E-state index < -0.39 is 0 Å². The standard InChI is InChI=1S/C23H30N2O3/c1-17-7-9-18(10-8-17)15-24(2)23(26)16-25-13-5-6-21(25)20-14-19(27-3)11-12-22(20)28-4/h7-12,14,21H,5-6,13,15-16H2,1-4H3/t21-/m0/s1. The van der Waals surface area contributed by atoms with Gasteiger partial charge in [0.2, 0.25) is 5.91 Å². The third-order valence-electron chi connectivity index (χ3n) is 5.46. The predicted octanol–water partition coefficient (Wildman–Crippen LogP) is 3.81. The lowest BCUT2D eigenvalue weighted by Gasteiger charge is -2.28. The van der Waals surface area contributed by atoms with Gasteiger partial charge in [0.05, 0.1) is 20.8 Å². The molecule has 5 nitrogen and oxygen atoms in total. The van der Waals surface area contributed by atoms with E-state index in [-0.39, 0.29) is 11.9 Å². The average molecular weight is 383 g/mol. The van der Waals surface area contributed by atoms with Crippen LogP contribution < -0.4 is 9.47 Å². The molecule has 0 radical (unpaired) electrons. The van der Waals surface area contributed by atoms with Crippen molar-refractivity contribution in [3.63, 3.8) is 0 Å². The molecule has 3 rings (SSSR count). The highest BCUT2D eigenvalue weighted by molar-refractivity contribution is 5.78. The van der Waals surface area contributed by atoms with Crippen LogP contribution in [0, 0.1) is 6.92 Å². The van der Waals surface area contributed by atoms with Crippen LogP contribution in [-0.4, -0.2) is 50.1 Å². The van der Waals surface area contributed by atoms with Gasteiger partial charge in [0, 0.05) is 25.2 Å². The van der Waals surface area contributed by atoms with Gasteiger partial charge in [-0.1, -0.05) is 29.8 Å². The summed E-state index contributed by atoms with van der Waals surface area (Å²) >= 11 is 0. The molecular weight excluding hydrogens is 352 g/mol. The van der Waals surface area contributed by atoms with E-state index in [2.05, 4.69) is 36.1 Å². The number of likely N-dealkylation sites (N-methyl/N-ethyl adjacent to an activating group) is 1. The van der Waals surface area contributed by atoms with Gasteiger partial charge in [-0.15, -0.1) is 0 Å². The molecule has 0 N–H and O–H groups in total. The van der Waals surface area contributed by atoms with Crippen molar-refractivity contribution in [2.75, 3.05) is 34.4 Å². The van der Waals surface area contributed by atoms with E-state index in [1.807, 2.05) is 30.1 Å². The summed E-state index contributed by atoms with van der Waals surface area (Å²) in [7, 11) is 5.23. The molecule has 0 spiro atoms. The molecule has 1 saturated heterocycles. The van der Waals surface area contributed by atoms with Crippen molar-refractivity contribution in [3.8, 4) is 11.5 Å². The maximum atomic E-state index is 12.9. The summed E-state index contributed by atoms with van der Waals surface area (Å²) in [6, 6.07) is 14.4. The first-order valence-corrected chi connectivity index (χ1v) is 9.77. The largest absolute Gasteiger partial charge is 0.497 e. The maximum absolute atomic E-state index is 12.9. The zero-order valence-corrected chi connectivity index (χ0v) is 17.3. The minimum atomic E-state index is 0.134. The molecule has 1 aliphatic heterocycles. The van der Waals surface area contributed by atoms with Crippen LogP contribution in [0.4, 0.5) is 0 Å². The summed E-state index contributed by atoms with van der Waals surface area (Å²) in [5.74, 6) is 1.79. The summed E-state index contributed by atoms with van der Waals surface area (Å²) in [6.07, 6.45) is 2.08. The fourth-order valence-corrected chi connectivity index (χ4v) is 3.82. The Balaban J connectivity index is 1.69. The zero-order valence-electron chi connectivity index (χ0n) is 17.3. The molecule has 0 unspecified atom stereocenters. The second-order valence-electron chi connectivity index (χ2n) is 7.47. The fourth-order valence-electron chi connectivity index (χ4n) is 3.82. The Morgan fingerprint density at radius 1 is 1.14 bits per heavy atom. The van der Waals surface area contributed by atoms with Crippen molar-refractivity contribution < 1.29 is 14.3 Å². The van der Waals surface area contributed by atoms with Gasteiger partial charge in [0.1, 0.15) is 11.5 Å². The molecule has 28 heavy (non-hydrogen) atoms. The summed E-state index contributed by atoms with van der Waals surface area (Å²) in [4.78, 5) is 16.9. The Labute approximate surface area is 167 Å². The molecular formula is C23H30N2O3. The molecule has 2 aromatic carbocycles. The van der Waals surface area contributed by atoms with Crippen LogP contribution in [0.5, 0.6) is 11.5 Å². The first-order chi connectivity index (χ1) is 13.5. The average Bonchev–Trinajstić information content (AvgIpc) is 3.17. The number of benzene rings is 2. The van der Waals surface area contributed by atoms with Gasteiger partial charge in [-0.3, -0.25) is 9.69 Å². The number of rotatable bonds is 7. The highest BCUT2D eigenvalue weighted by Gasteiger charge is 2.30. The second-order valence-corrected chi connectivity index (χ2v) is 7.47. The van der Waals surface area contributed by atoms with Crippen LogP contribution in [0.15, 0.2) is 42.5 Å². The molecule has 1 heterocycles. The highest BCUT2D eigenvalue weighted by Crippen LogP contribution is 2.38. The molecule has 0 aromatic heterocycles. The van der Waals surface area contributed by atoms with E-state index in [0.717, 1.165) is 42.0 Å². The van der Waals surface area contributed by atoms with Crippen molar-refractivity contribution in [2.24, 2.45) is 0 Å². The van der Waals surface area contributed by atoms with E-state index in [1.54, 1.807) is 14.2 Å². The lowest BCUT2D eigenvalue weighted by molar-refractivity contribution is -0.131. The SMILES string of the molecule is COc1ccc(OC)c([C@@H]2CCCN2CC(=O)N(C)Cc2ccc(C)cc2)c1. The van der Waals surface area contributed by atoms with Crippen LogP contribution in [0.25, 0.3) is 0 Å². The predicted molar refractivity (Wildman–Crippen MR) is 111 cm³/mol. The van der Waals surface area contributed by atoms with Gasteiger partial charge in [-0.05, 0) is 50.1 Å². The summed E-state index contributed by atoms with van der Waals surface area (Å²) in [5, 5.41) is 0. The van der Waals surface area contributed by atoms with Gasteiger partial charge in [-0.2, -0.15) is 0 Å². The number of likely N-dealkylation sites (tertiary alicyclic amines) is 1. The molecule has 2 aromatic rings. The quantitative estimate of drug-likeness (QED) is 0.730. The first kappa shape index (κ1) is 20.2. The van der Waals surface area contributed by atoms with Crippen molar-refractivity contribution in [1.82, 2.24) is 9.80 Å². The number of carbonyl (C=O) groups is 1. The highest BCUT2D eigenvalue weighted by atomic mass is 16.5. The lowest BCUT2D eigenvalue weighted by Crippen LogP contribution is -2.37. The lowest BCUT2D eigenvalue weighted by atomic mass is 10.0. The Bertz CT molecular complexity index is 804. The minimum absolute atomic E-state index is 0.134. The molecule has 5 heteroatoms. The van der Waals surface area contributed by atoms with Crippen molar-refractivity contribution in [3.05, 3.63) is 59.2 Å². The van der Waals surface area contributed by atoms with Crippen LogP contribution in [0.3, 0.4) is 0 Å². The van der Waals surface area contributed by atoms with Gasteiger partial charge >= 0.3 is 0 Å². The summed E-state index contributed by atoms with van der Waals surface area (Å²) in [6.45, 7) is 4.02. The monoisotopic (exact) mass is 382 g/mol. The first-order valence-electron chi connectivity index (χ1n) is 9.77. The Morgan fingerprint density at radius 2 is 1.89 bits per heavy atom. The Hall–Kier alpha value is -2.53.